The third-order valence-corrected chi connectivity index (χ3v) is 5.70. The second-order valence-electron chi connectivity index (χ2n) is 5.28. The molecule has 1 fully saturated rings. The first-order chi connectivity index (χ1) is 9.53. The smallest absolute Gasteiger partial charge is 0.242 e. The summed E-state index contributed by atoms with van der Waals surface area (Å²) in [4.78, 5) is 0.139. The van der Waals surface area contributed by atoms with E-state index in [1.165, 1.54) is 18.9 Å². The quantitative estimate of drug-likeness (QED) is 0.839. The third-order valence-electron chi connectivity index (χ3n) is 3.70. The van der Waals surface area contributed by atoms with Crippen LogP contribution in [-0.2, 0) is 16.6 Å². The van der Waals surface area contributed by atoms with E-state index in [0.717, 1.165) is 31.2 Å². The minimum absolute atomic E-state index is 0.0211. The minimum atomic E-state index is -3.55. The van der Waals surface area contributed by atoms with E-state index < -0.39 is 10.0 Å². The molecule has 4 nitrogen and oxygen atoms in total. The van der Waals surface area contributed by atoms with Crippen LogP contribution >= 0.6 is 11.6 Å². The van der Waals surface area contributed by atoms with E-state index in [0.29, 0.717) is 6.54 Å². The number of nitrogens with one attached hydrogen (secondary N) is 1. The maximum Gasteiger partial charge on any atom is 0.242 e. The standard InChI is InChI=1S/C14H21ClN2O2S/c15-13-9-11(10-16)7-8-14(13)20(18,19)17-12-5-3-1-2-4-6-12/h7-9,12,17H,1-6,10,16H2. The molecule has 112 valence electrons. The highest BCUT2D eigenvalue weighted by molar-refractivity contribution is 7.89. The van der Waals surface area contributed by atoms with Gasteiger partial charge >= 0.3 is 0 Å². The van der Waals surface area contributed by atoms with E-state index in [2.05, 4.69) is 4.72 Å². The van der Waals surface area contributed by atoms with Gasteiger partial charge < -0.3 is 5.73 Å². The van der Waals surface area contributed by atoms with Crippen LogP contribution in [0.2, 0.25) is 5.02 Å². The molecule has 0 amide bonds. The second kappa shape index (κ2) is 6.89. The first kappa shape index (κ1) is 15.8. The van der Waals surface area contributed by atoms with Crippen molar-refractivity contribution in [2.45, 2.75) is 56.0 Å². The number of halogens is 1. The van der Waals surface area contributed by atoms with Crippen molar-refractivity contribution in [1.82, 2.24) is 4.72 Å². The van der Waals surface area contributed by atoms with Crippen LogP contribution in [0.25, 0.3) is 0 Å². The molecule has 0 heterocycles. The fraction of sp³-hybridized carbons (Fsp3) is 0.571. The summed E-state index contributed by atoms with van der Waals surface area (Å²) in [6.07, 6.45) is 6.32. The Balaban J connectivity index is 2.17. The van der Waals surface area contributed by atoms with Crippen molar-refractivity contribution in [3.63, 3.8) is 0 Å². The Kier molecular flexibility index (Phi) is 5.43. The largest absolute Gasteiger partial charge is 0.326 e. The predicted molar refractivity (Wildman–Crippen MR) is 81.2 cm³/mol. The molecule has 20 heavy (non-hydrogen) atoms. The van der Waals surface area contributed by atoms with Crippen LogP contribution in [-0.4, -0.2) is 14.5 Å². The van der Waals surface area contributed by atoms with Gasteiger partial charge in [0.1, 0.15) is 4.90 Å². The Bertz CT molecular complexity index is 552. The van der Waals surface area contributed by atoms with E-state index >= 15 is 0 Å². The lowest BCUT2D eigenvalue weighted by Crippen LogP contribution is -2.34. The molecule has 1 saturated carbocycles. The SMILES string of the molecule is NCc1ccc(S(=O)(=O)NC2CCCCCC2)c(Cl)c1. The topological polar surface area (TPSA) is 72.2 Å². The highest BCUT2D eigenvalue weighted by Gasteiger charge is 2.23. The summed E-state index contributed by atoms with van der Waals surface area (Å²) in [5.41, 5.74) is 6.34. The van der Waals surface area contributed by atoms with Crippen molar-refractivity contribution < 1.29 is 8.42 Å². The molecule has 0 aromatic heterocycles. The number of hydrogen-bond donors (Lipinski definition) is 2. The van der Waals surface area contributed by atoms with Crippen LogP contribution in [0.3, 0.4) is 0 Å². The normalized spacial score (nSPS) is 17.9. The molecule has 1 aromatic carbocycles. The molecule has 2 rings (SSSR count). The Morgan fingerprint density at radius 2 is 1.85 bits per heavy atom. The molecule has 1 aliphatic carbocycles. The van der Waals surface area contributed by atoms with Gasteiger partial charge in [-0.1, -0.05) is 43.4 Å². The number of nitrogens with two attached hydrogens (primary N) is 1. The van der Waals surface area contributed by atoms with E-state index in [1.807, 2.05) is 0 Å². The molecular formula is C14H21ClN2O2S. The molecule has 0 atom stereocenters. The van der Waals surface area contributed by atoms with Crippen molar-refractivity contribution in [1.29, 1.82) is 0 Å². The average Bonchev–Trinajstić information content (AvgIpc) is 2.66. The van der Waals surface area contributed by atoms with Gasteiger partial charge in [-0.25, -0.2) is 13.1 Å². The van der Waals surface area contributed by atoms with Crippen LogP contribution in [0.5, 0.6) is 0 Å². The van der Waals surface area contributed by atoms with E-state index in [-0.39, 0.29) is 16.0 Å². The predicted octanol–water partition coefficient (Wildman–Crippen LogP) is 2.80. The Hall–Kier alpha value is -0.620. The number of sulfonamides is 1. The lowest BCUT2D eigenvalue weighted by molar-refractivity contribution is 0.510. The van der Waals surface area contributed by atoms with Gasteiger partial charge in [0.2, 0.25) is 10.0 Å². The molecule has 0 unspecified atom stereocenters. The molecule has 6 heteroatoms. The van der Waals surface area contributed by atoms with Gasteiger partial charge in [0, 0.05) is 12.6 Å². The maximum atomic E-state index is 12.4. The van der Waals surface area contributed by atoms with Gasteiger partial charge in [0.05, 0.1) is 5.02 Å². The van der Waals surface area contributed by atoms with Crippen LogP contribution in [0.15, 0.2) is 23.1 Å². The fourth-order valence-electron chi connectivity index (χ4n) is 2.57. The molecule has 0 bridgehead atoms. The Labute approximate surface area is 125 Å². The fourth-order valence-corrected chi connectivity index (χ4v) is 4.44. The monoisotopic (exact) mass is 316 g/mol. The summed E-state index contributed by atoms with van der Waals surface area (Å²) in [6, 6.07) is 4.87. The van der Waals surface area contributed by atoms with Gasteiger partial charge in [-0.15, -0.1) is 0 Å². The van der Waals surface area contributed by atoms with Crippen molar-refractivity contribution in [3.8, 4) is 0 Å². The third kappa shape index (κ3) is 3.95. The molecule has 0 spiro atoms. The van der Waals surface area contributed by atoms with Gasteiger partial charge in [-0.2, -0.15) is 0 Å². The van der Waals surface area contributed by atoms with Crippen LogP contribution in [0.4, 0.5) is 0 Å². The number of rotatable bonds is 4. The molecular weight excluding hydrogens is 296 g/mol. The highest BCUT2D eigenvalue weighted by Crippen LogP contribution is 2.24. The van der Waals surface area contributed by atoms with Crippen molar-refractivity contribution in [2.75, 3.05) is 0 Å². The van der Waals surface area contributed by atoms with E-state index in [1.54, 1.807) is 12.1 Å². The average molecular weight is 317 g/mol. The summed E-state index contributed by atoms with van der Waals surface area (Å²) in [5, 5.41) is 0.231. The summed E-state index contributed by atoms with van der Waals surface area (Å²) >= 11 is 6.07. The van der Waals surface area contributed by atoms with Gasteiger partial charge in [-0.3, -0.25) is 0 Å². The second-order valence-corrected chi connectivity index (χ2v) is 7.37. The molecule has 0 saturated heterocycles. The van der Waals surface area contributed by atoms with Crippen molar-refractivity contribution >= 4 is 21.6 Å². The van der Waals surface area contributed by atoms with Gasteiger partial charge in [0.15, 0.2) is 0 Å². The summed E-state index contributed by atoms with van der Waals surface area (Å²) in [6.45, 7) is 0.343. The first-order valence-corrected chi connectivity index (χ1v) is 8.90. The lowest BCUT2D eigenvalue weighted by Gasteiger charge is -2.17. The van der Waals surface area contributed by atoms with Crippen molar-refractivity contribution in [3.05, 3.63) is 28.8 Å². The number of benzene rings is 1. The Morgan fingerprint density at radius 3 is 2.40 bits per heavy atom. The molecule has 1 aliphatic rings. The zero-order valence-electron chi connectivity index (χ0n) is 11.4. The number of hydrogen-bond acceptors (Lipinski definition) is 3. The van der Waals surface area contributed by atoms with Crippen LogP contribution < -0.4 is 10.5 Å². The van der Waals surface area contributed by atoms with Crippen molar-refractivity contribution in [2.24, 2.45) is 5.73 Å². The molecule has 0 aliphatic heterocycles. The minimum Gasteiger partial charge on any atom is -0.326 e. The van der Waals surface area contributed by atoms with E-state index in [4.69, 9.17) is 17.3 Å². The zero-order valence-corrected chi connectivity index (χ0v) is 13.0. The molecule has 1 aromatic rings. The highest BCUT2D eigenvalue weighted by atomic mass is 35.5. The summed E-state index contributed by atoms with van der Waals surface area (Å²) < 4.78 is 27.6. The first-order valence-electron chi connectivity index (χ1n) is 7.04. The van der Waals surface area contributed by atoms with E-state index in [9.17, 15) is 8.42 Å². The van der Waals surface area contributed by atoms with Gasteiger partial charge in [-0.05, 0) is 30.5 Å². The van der Waals surface area contributed by atoms with Gasteiger partial charge in [0.25, 0.3) is 0 Å². The Morgan fingerprint density at radius 1 is 1.20 bits per heavy atom. The molecule has 3 N–H and O–H groups in total. The van der Waals surface area contributed by atoms with Crippen LogP contribution in [0, 0.1) is 0 Å². The lowest BCUT2D eigenvalue weighted by atomic mass is 10.1. The molecule has 0 radical (unpaired) electrons. The maximum absolute atomic E-state index is 12.4. The zero-order chi connectivity index (χ0) is 14.6. The summed E-state index contributed by atoms with van der Waals surface area (Å²) in [5.74, 6) is 0. The van der Waals surface area contributed by atoms with Crippen LogP contribution in [0.1, 0.15) is 44.1 Å². The summed E-state index contributed by atoms with van der Waals surface area (Å²) in [7, 11) is -3.55.